The lowest BCUT2D eigenvalue weighted by Crippen LogP contribution is -2.51. The Balaban J connectivity index is 1.29. The number of ether oxygens (including phenoxy) is 1. The van der Waals surface area contributed by atoms with Crippen molar-refractivity contribution in [1.29, 1.82) is 0 Å². The number of nitrogens with zero attached hydrogens (tertiary/aromatic N) is 2. The number of amides is 2. The quantitative estimate of drug-likeness (QED) is 0.511. The fourth-order valence-electron chi connectivity index (χ4n) is 4.86. The van der Waals surface area contributed by atoms with Gasteiger partial charge in [0.2, 0.25) is 0 Å². The molecule has 1 saturated heterocycles. The van der Waals surface area contributed by atoms with E-state index in [1.165, 1.54) is 22.6 Å². The van der Waals surface area contributed by atoms with Gasteiger partial charge in [0, 0.05) is 45.0 Å². The molecule has 8 nitrogen and oxygen atoms in total. The summed E-state index contributed by atoms with van der Waals surface area (Å²) >= 11 is 0. The number of benzene rings is 2. The van der Waals surface area contributed by atoms with Crippen LogP contribution in [0.3, 0.4) is 0 Å². The molecule has 2 amide bonds. The summed E-state index contributed by atoms with van der Waals surface area (Å²) in [5, 5.41) is 8.20. The van der Waals surface area contributed by atoms with Crippen molar-refractivity contribution in [3.05, 3.63) is 83.5 Å². The van der Waals surface area contributed by atoms with Crippen molar-refractivity contribution in [2.45, 2.75) is 19.5 Å². The smallest absolute Gasteiger partial charge is 0.338 e. The number of carbonyl (C=O) groups is 2. The monoisotopic (exact) mass is 474 g/mol. The molecule has 5 rings (SSSR count). The first-order valence-electron chi connectivity index (χ1n) is 12.0. The number of esters is 1. The van der Waals surface area contributed by atoms with Gasteiger partial charge in [-0.05, 0) is 35.4 Å². The molecule has 182 valence electrons. The van der Waals surface area contributed by atoms with E-state index in [-0.39, 0.29) is 12.6 Å². The Morgan fingerprint density at radius 1 is 1.00 bits per heavy atom. The second-order valence-electron chi connectivity index (χ2n) is 8.85. The number of piperazine rings is 1. The first-order valence-corrected chi connectivity index (χ1v) is 12.0. The van der Waals surface area contributed by atoms with Crippen LogP contribution in [0.4, 0.5) is 4.79 Å². The van der Waals surface area contributed by atoms with Gasteiger partial charge in [-0.3, -0.25) is 9.80 Å². The normalized spacial score (nSPS) is 19.5. The van der Waals surface area contributed by atoms with E-state index in [2.05, 4.69) is 62.9 Å². The third-order valence-electron chi connectivity index (χ3n) is 6.60. The van der Waals surface area contributed by atoms with Gasteiger partial charge < -0.3 is 19.8 Å². The minimum absolute atomic E-state index is 0.251. The fraction of sp³-hybridized carbons (Fsp3) is 0.333. The summed E-state index contributed by atoms with van der Waals surface area (Å²) in [5.41, 5.74) is 2.28. The highest BCUT2D eigenvalue weighted by Gasteiger charge is 2.36. The zero-order valence-electron chi connectivity index (χ0n) is 19.8. The van der Waals surface area contributed by atoms with E-state index in [1.807, 2.05) is 0 Å². The highest BCUT2D eigenvalue weighted by molar-refractivity contribution is 5.95. The van der Waals surface area contributed by atoms with E-state index in [0.29, 0.717) is 23.6 Å². The van der Waals surface area contributed by atoms with Gasteiger partial charge in [0.15, 0.2) is 0 Å². The second kappa shape index (κ2) is 10.3. The summed E-state index contributed by atoms with van der Waals surface area (Å²) in [5.74, 6) is 0.0475. The summed E-state index contributed by atoms with van der Waals surface area (Å²) in [4.78, 5) is 30.0. The molecule has 0 bridgehead atoms. The highest BCUT2D eigenvalue weighted by atomic mass is 16.5. The molecule has 0 radical (unpaired) electrons. The largest absolute Gasteiger partial charge is 0.467 e. The van der Waals surface area contributed by atoms with Gasteiger partial charge in [-0.1, -0.05) is 42.5 Å². The molecule has 3 heterocycles. The van der Waals surface area contributed by atoms with Crippen LogP contribution in [0.25, 0.3) is 10.8 Å². The molecule has 0 aliphatic carbocycles. The number of furan rings is 1. The Labute approximate surface area is 204 Å². The molecule has 35 heavy (non-hydrogen) atoms. The Morgan fingerprint density at radius 3 is 2.49 bits per heavy atom. The van der Waals surface area contributed by atoms with Gasteiger partial charge in [0.05, 0.1) is 18.4 Å². The first-order chi connectivity index (χ1) is 17.1. The summed E-state index contributed by atoms with van der Waals surface area (Å²) in [6.07, 6.45) is 1.53. The van der Waals surface area contributed by atoms with Crippen molar-refractivity contribution in [2.24, 2.45) is 0 Å². The van der Waals surface area contributed by atoms with Crippen molar-refractivity contribution in [1.82, 2.24) is 20.4 Å². The van der Waals surface area contributed by atoms with Crippen LogP contribution in [0, 0.1) is 0 Å². The van der Waals surface area contributed by atoms with E-state index in [0.717, 1.165) is 32.7 Å². The maximum Gasteiger partial charge on any atom is 0.338 e. The van der Waals surface area contributed by atoms with Crippen LogP contribution < -0.4 is 10.6 Å². The molecule has 0 spiro atoms. The standard InChI is InChI=1S/C27H30N4O4/c1-2-34-26(32)24-22(28-27(33)29-25(24)23-11-6-16-35-23)18-31-14-12-30(13-15-31)17-20-9-5-8-19-7-3-4-10-21(19)20/h3-11,16,25H,2,12-15,17-18H2,1H3,(H2,28,29,33). The summed E-state index contributed by atoms with van der Waals surface area (Å²) in [6, 6.07) is 17.4. The molecule has 2 aliphatic rings. The van der Waals surface area contributed by atoms with Crippen LogP contribution >= 0.6 is 0 Å². The van der Waals surface area contributed by atoms with Crippen LogP contribution in [0.15, 0.2) is 76.5 Å². The van der Waals surface area contributed by atoms with Gasteiger partial charge in [-0.2, -0.15) is 0 Å². The lowest BCUT2D eigenvalue weighted by Gasteiger charge is -2.37. The van der Waals surface area contributed by atoms with Crippen molar-refractivity contribution < 1.29 is 18.7 Å². The van der Waals surface area contributed by atoms with Gasteiger partial charge in [-0.15, -0.1) is 0 Å². The molecule has 1 unspecified atom stereocenters. The van der Waals surface area contributed by atoms with Gasteiger partial charge in [0.1, 0.15) is 11.8 Å². The predicted molar refractivity (Wildman–Crippen MR) is 132 cm³/mol. The second-order valence-corrected chi connectivity index (χ2v) is 8.85. The zero-order chi connectivity index (χ0) is 24.2. The molecular formula is C27H30N4O4. The fourth-order valence-corrected chi connectivity index (χ4v) is 4.86. The van der Waals surface area contributed by atoms with Crippen LogP contribution in [0.5, 0.6) is 0 Å². The Kier molecular flexibility index (Phi) is 6.83. The molecular weight excluding hydrogens is 444 g/mol. The third kappa shape index (κ3) is 5.08. The SMILES string of the molecule is CCOC(=O)C1=C(CN2CCN(Cc3cccc4ccccc34)CC2)NC(=O)NC1c1ccco1. The lowest BCUT2D eigenvalue weighted by atomic mass is 9.99. The number of urea groups is 1. The Bertz CT molecular complexity index is 1220. The topological polar surface area (TPSA) is 87.0 Å². The Hall–Kier alpha value is -3.62. The number of rotatable bonds is 7. The van der Waals surface area contributed by atoms with Gasteiger partial charge >= 0.3 is 12.0 Å². The van der Waals surface area contributed by atoms with Gasteiger partial charge in [0.25, 0.3) is 0 Å². The van der Waals surface area contributed by atoms with Gasteiger partial charge in [-0.25, -0.2) is 9.59 Å². The number of nitrogens with one attached hydrogen (secondary N) is 2. The molecule has 2 N–H and O–H groups in total. The lowest BCUT2D eigenvalue weighted by molar-refractivity contribution is -0.139. The maximum absolute atomic E-state index is 12.9. The van der Waals surface area contributed by atoms with Crippen molar-refractivity contribution in [3.8, 4) is 0 Å². The highest BCUT2D eigenvalue weighted by Crippen LogP contribution is 2.29. The molecule has 2 aliphatic heterocycles. The van der Waals surface area contributed by atoms with E-state index in [1.54, 1.807) is 19.1 Å². The average molecular weight is 475 g/mol. The number of hydrogen-bond acceptors (Lipinski definition) is 6. The molecule has 1 atom stereocenters. The average Bonchev–Trinajstić information content (AvgIpc) is 3.40. The molecule has 2 aromatic carbocycles. The zero-order valence-corrected chi connectivity index (χ0v) is 19.8. The van der Waals surface area contributed by atoms with E-state index >= 15 is 0 Å². The van der Waals surface area contributed by atoms with E-state index in [9.17, 15) is 9.59 Å². The van der Waals surface area contributed by atoms with Crippen molar-refractivity contribution >= 4 is 22.8 Å². The minimum Gasteiger partial charge on any atom is -0.467 e. The number of hydrogen-bond donors (Lipinski definition) is 2. The molecule has 1 aromatic heterocycles. The summed E-state index contributed by atoms with van der Waals surface area (Å²) in [6.45, 7) is 6.84. The Morgan fingerprint density at radius 2 is 1.74 bits per heavy atom. The van der Waals surface area contributed by atoms with Crippen LogP contribution in [-0.2, 0) is 16.1 Å². The number of carbonyl (C=O) groups excluding carboxylic acids is 2. The van der Waals surface area contributed by atoms with Crippen LogP contribution in [0.1, 0.15) is 24.3 Å². The first kappa shape index (κ1) is 23.1. The molecule has 1 fully saturated rings. The minimum atomic E-state index is -0.680. The summed E-state index contributed by atoms with van der Waals surface area (Å²) < 4.78 is 10.8. The number of fused-ring (bicyclic) bond motifs is 1. The van der Waals surface area contributed by atoms with E-state index in [4.69, 9.17) is 9.15 Å². The van der Waals surface area contributed by atoms with Crippen molar-refractivity contribution in [3.63, 3.8) is 0 Å². The van der Waals surface area contributed by atoms with Crippen molar-refractivity contribution in [2.75, 3.05) is 39.3 Å². The maximum atomic E-state index is 12.9. The molecule has 8 heteroatoms. The molecule has 0 saturated carbocycles. The molecule has 3 aromatic rings. The third-order valence-corrected chi connectivity index (χ3v) is 6.60. The van der Waals surface area contributed by atoms with Crippen LogP contribution in [-0.4, -0.2) is 61.1 Å². The predicted octanol–water partition coefficient (Wildman–Crippen LogP) is 3.42. The van der Waals surface area contributed by atoms with E-state index < -0.39 is 12.0 Å². The van der Waals surface area contributed by atoms with Crippen LogP contribution in [0.2, 0.25) is 0 Å². The summed E-state index contributed by atoms with van der Waals surface area (Å²) in [7, 11) is 0.